The molecule has 0 aliphatic carbocycles. The highest BCUT2D eigenvalue weighted by Gasteiger charge is 2.20. The van der Waals surface area contributed by atoms with Crippen LogP contribution in [-0.4, -0.2) is 10.9 Å². The number of aryl methyl sites for hydroxylation is 3. The number of benzene rings is 1. The summed E-state index contributed by atoms with van der Waals surface area (Å²) in [7, 11) is 0. The second-order valence-corrected chi connectivity index (χ2v) is 6.27. The van der Waals surface area contributed by atoms with E-state index in [1.54, 1.807) is 29.5 Å². The van der Waals surface area contributed by atoms with Crippen LogP contribution >= 0.6 is 11.3 Å². The molecule has 0 radical (unpaired) electrons. The quantitative estimate of drug-likeness (QED) is 0.717. The van der Waals surface area contributed by atoms with E-state index in [0.29, 0.717) is 5.56 Å². The fourth-order valence-electron chi connectivity index (χ4n) is 2.40. The maximum atomic E-state index is 13.7. The third-order valence-electron chi connectivity index (χ3n) is 3.65. The van der Waals surface area contributed by atoms with Gasteiger partial charge in [0.1, 0.15) is 5.82 Å². The number of rotatable bonds is 2. The molecule has 0 aliphatic heterocycles. The Bertz CT molecular complexity index is 847. The molecule has 21 heavy (non-hydrogen) atoms. The summed E-state index contributed by atoms with van der Waals surface area (Å²) in [6.07, 6.45) is 0. The molecule has 5 heteroatoms. The van der Waals surface area contributed by atoms with Crippen molar-refractivity contribution in [3.8, 4) is 0 Å². The Hall–Kier alpha value is -2.14. The van der Waals surface area contributed by atoms with Crippen LogP contribution in [0.25, 0.3) is 10.2 Å². The van der Waals surface area contributed by atoms with E-state index in [1.165, 1.54) is 6.07 Å². The number of halogens is 1. The number of para-hydroxylation sites is 1. The smallest absolute Gasteiger partial charge is 0.259 e. The minimum absolute atomic E-state index is 0.196. The highest BCUT2D eigenvalue weighted by molar-refractivity contribution is 7.19. The third kappa shape index (κ3) is 2.23. The number of carbonyl (C=O) groups excluding carboxylic acids is 1. The van der Waals surface area contributed by atoms with Crippen LogP contribution in [0.15, 0.2) is 24.3 Å². The van der Waals surface area contributed by atoms with E-state index in [-0.39, 0.29) is 11.6 Å². The zero-order chi connectivity index (χ0) is 15.1. The first kappa shape index (κ1) is 13.8. The number of fused-ring (bicyclic) bond motifs is 1. The molecule has 3 aromatic rings. The van der Waals surface area contributed by atoms with Gasteiger partial charge in [-0.15, -0.1) is 11.3 Å². The van der Waals surface area contributed by atoms with Crippen LogP contribution in [0.5, 0.6) is 0 Å². The van der Waals surface area contributed by atoms with Gasteiger partial charge in [0.15, 0.2) is 0 Å². The van der Waals surface area contributed by atoms with Gasteiger partial charge in [0, 0.05) is 10.6 Å². The second kappa shape index (κ2) is 5.00. The molecular weight excluding hydrogens is 287 g/mol. The van der Waals surface area contributed by atoms with Crippen molar-refractivity contribution in [2.24, 2.45) is 0 Å². The predicted octanol–water partition coefficient (Wildman–Crippen LogP) is 4.55. The average Bonchev–Trinajstić information content (AvgIpc) is 2.89. The van der Waals surface area contributed by atoms with E-state index in [4.69, 9.17) is 0 Å². The number of anilines is 1. The van der Waals surface area contributed by atoms with Crippen LogP contribution in [0.2, 0.25) is 0 Å². The molecule has 0 aliphatic rings. The van der Waals surface area contributed by atoms with Crippen LogP contribution in [0.4, 0.5) is 10.1 Å². The molecule has 0 atom stereocenters. The Kier molecular flexibility index (Phi) is 3.29. The molecule has 1 aromatic carbocycles. The van der Waals surface area contributed by atoms with Gasteiger partial charge in [0.05, 0.1) is 21.5 Å². The van der Waals surface area contributed by atoms with E-state index >= 15 is 0 Å². The molecule has 0 fully saturated rings. The maximum absolute atomic E-state index is 13.7. The molecule has 2 aromatic heterocycles. The number of aromatic amines is 1. The number of thiophene rings is 1. The van der Waals surface area contributed by atoms with Crippen molar-refractivity contribution in [1.29, 1.82) is 0 Å². The van der Waals surface area contributed by atoms with Crippen molar-refractivity contribution in [2.45, 2.75) is 20.8 Å². The largest absolute Gasteiger partial charge is 0.357 e. The van der Waals surface area contributed by atoms with Gasteiger partial charge in [-0.05, 0) is 38.5 Å². The Morgan fingerprint density at radius 2 is 1.95 bits per heavy atom. The van der Waals surface area contributed by atoms with Crippen LogP contribution in [0.3, 0.4) is 0 Å². The predicted molar refractivity (Wildman–Crippen MR) is 84.7 cm³/mol. The van der Waals surface area contributed by atoms with Crippen molar-refractivity contribution < 1.29 is 9.18 Å². The van der Waals surface area contributed by atoms with E-state index in [2.05, 4.69) is 10.3 Å². The zero-order valence-electron chi connectivity index (χ0n) is 12.0. The summed E-state index contributed by atoms with van der Waals surface area (Å²) >= 11 is 1.58. The number of hydrogen-bond donors (Lipinski definition) is 2. The number of carbonyl (C=O) groups is 1. The Balaban J connectivity index is 2.04. The van der Waals surface area contributed by atoms with Crippen molar-refractivity contribution in [3.63, 3.8) is 0 Å². The van der Waals surface area contributed by atoms with Gasteiger partial charge in [-0.25, -0.2) is 4.39 Å². The molecule has 3 rings (SSSR count). The minimum Gasteiger partial charge on any atom is -0.357 e. The highest BCUT2D eigenvalue weighted by atomic mass is 32.1. The van der Waals surface area contributed by atoms with Crippen molar-refractivity contribution in [3.05, 3.63) is 51.8 Å². The normalized spacial score (nSPS) is 11.0. The number of H-pyrrole nitrogens is 1. The summed E-state index contributed by atoms with van der Waals surface area (Å²) < 4.78 is 14.7. The molecular formula is C16H15FN2OS. The number of hydrogen-bond acceptors (Lipinski definition) is 2. The lowest BCUT2D eigenvalue weighted by Crippen LogP contribution is -2.13. The zero-order valence-corrected chi connectivity index (χ0v) is 12.8. The van der Waals surface area contributed by atoms with Gasteiger partial charge < -0.3 is 10.3 Å². The molecule has 0 bridgehead atoms. The lowest BCUT2D eigenvalue weighted by Gasteiger charge is -2.06. The van der Waals surface area contributed by atoms with Crippen LogP contribution in [0.1, 0.15) is 26.5 Å². The summed E-state index contributed by atoms with van der Waals surface area (Å²) in [4.78, 5) is 16.7. The molecule has 1 amide bonds. The van der Waals surface area contributed by atoms with E-state index in [1.807, 2.05) is 20.8 Å². The number of nitrogens with one attached hydrogen (secondary N) is 2. The van der Waals surface area contributed by atoms with Crippen molar-refractivity contribution in [1.82, 2.24) is 4.98 Å². The van der Waals surface area contributed by atoms with E-state index < -0.39 is 5.82 Å². The van der Waals surface area contributed by atoms with Crippen LogP contribution in [-0.2, 0) is 0 Å². The van der Waals surface area contributed by atoms with Gasteiger partial charge in [0.2, 0.25) is 0 Å². The molecule has 0 saturated heterocycles. The summed E-state index contributed by atoms with van der Waals surface area (Å²) in [5.41, 5.74) is 3.83. The monoisotopic (exact) mass is 302 g/mol. The Morgan fingerprint density at radius 3 is 2.67 bits per heavy atom. The highest BCUT2D eigenvalue weighted by Crippen LogP contribution is 2.34. The maximum Gasteiger partial charge on any atom is 0.259 e. The Labute approximate surface area is 125 Å². The van der Waals surface area contributed by atoms with Gasteiger partial charge in [-0.3, -0.25) is 4.79 Å². The molecule has 0 spiro atoms. The fourth-order valence-corrected chi connectivity index (χ4v) is 3.56. The molecule has 2 heterocycles. The first-order chi connectivity index (χ1) is 9.99. The lowest BCUT2D eigenvalue weighted by atomic mass is 10.2. The molecule has 0 saturated carbocycles. The minimum atomic E-state index is -0.436. The lowest BCUT2D eigenvalue weighted by molar-refractivity contribution is 0.102. The van der Waals surface area contributed by atoms with Gasteiger partial charge in [-0.1, -0.05) is 12.1 Å². The standard InChI is InChI=1S/C16H15FN2OS/c1-8-9(2)18-14-13(10(3)21-15(8)14)16(20)19-12-7-5-4-6-11(12)17/h4-7,18H,1-3H3,(H,19,20). The fraction of sp³-hybridized carbons (Fsp3) is 0.188. The summed E-state index contributed by atoms with van der Waals surface area (Å²) in [6, 6.07) is 6.17. The van der Waals surface area contributed by atoms with Gasteiger partial charge in [-0.2, -0.15) is 0 Å². The summed E-state index contributed by atoms with van der Waals surface area (Å²) in [5.74, 6) is -0.723. The second-order valence-electron chi connectivity index (χ2n) is 5.05. The SMILES string of the molecule is Cc1[nH]c2c(C(=O)Nc3ccccc3F)c(C)sc2c1C. The summed E-state index contributed by atoms with van der Waals surface area (Å²) in [6.45, 7) is 5.92. The van der Waals surface area contributed by atoms with Crippen LogP contribution < -0.4 is 5.32 Å². The number of amides is 1. The first-order valence-electron chi connectivity index (χ1n) is 6.63. The van der Waals surface area contributed by atoms with Crippen LogP contribution in [0, 0.1) is 26.6 Å². The van der Waals surface area contributed by atoms with Crippen molar-refractivity contribution >= 4 is 33.1 Å². The molecule has 0 unspecified atom stereocenters. The first-order valence-corrected chi connectivity index (χ1v) is 7.45. The Morgan fingerprint density at radius 1 is 1.24 bits per heavy atom. The molecule has 2 N–H and O–H groups in total. The van der Waals surface area contributed by atoms with Crippen molar-refractivity contribution in [2.75, 3.05) is 5.32 Å². The summed E-state index contributed by atoms with van der Waals surface area (Å²) in [5, 5.41) is 2.65. The average molecular weight is 302 g/mol. The van der Waals surface area contributed by atoms with E-state index in [9.17, 15) is 9.18 Å². The molecule has 3 nitrogen and oxygen atoms in total. The number of aromatic nitrogens is 1. The molecule has 108 valence electrons. The van der Waals surface area contributed by atoms with Gasteiger partial charge >= 0.3 is 0 Å². The van der Waals surface area contributed by atoms with Gasteiger partial charge in [0.25, 0.3) is 5.91 Å². The third-order valence-corrected chi connectivity index (χ3v) is 4.87. The van der Waals surface area contributed by atoms with E-state index in [0.717, 1.165) is 26.4 Å². The topological polar surface area (TPSA) is 44.9 Å².